The van der Waals surface area contributed by atoms with Gasteiger partial charge in [-0.3, -0.25) is 0 Å². The molecule has 6 heteroatoms. The number of anilines is 1. The second-order valence-electron chi connectivity index (χ2n) is 4.05. The van der Waals surface area contributed by atoms with E-state index in [1.54, 1.807) is 0 Å². The Bertz CT molecular complexity index is 504. The minimum atomic E-state index is -2.84. The third kappa shape index (κ3) is 3.14. The molecule has 1 aromatic carbocycles. The van der Waals surface area contributed by atoms with Crippen LogP contribution in [0.15, 0.2) is 22.7 Å². The van der Waals surface area contributed by atoms with Crippen LogP contribution in [0.3, 0.4) is 0 Å². The monoisotopic (exact) mass is 337 g/mol. The van der Waals surface area contributed by atoms with Gasteiger partial charge in [0.25, 0.3) is 0 Å². The molecule has 1 saturated heterocycles. The predicted octanol–water partition coefficient (Wildman–Crippen LogP) is 2.42. The van der Waals surface area contributed by atoms with E-state index in [-0.39, 0.29) is 11.5 Å². The van der Waals surface area contributed by atoms with E-state index in [2.05, 4.69) is 20.8 Å². The molecule has 1 heterocycles. The number of rotatable bonds is 2. The summed E-state index contributed by atoms with van der Waals surface area (Å²) in [5.41, 5.74) is 2.07. The quantitative estimate of drug-likeness (QED) is 0.777. The largest absolute Gasteiger partial charge is 0.369 e. The summed E-state index contributed by atoms with van der Waals surface area (Å²) in [6.45, 7) is 1.09. The first kappa shape index (κ1) is 13.2. The van der Waals surface area contributed by atoms with Crippen molar-refractivity contribution in [1.29, 1.82) is 0 Å². The van der Waals surface area contributed by atoms with Crippen LogP contribution in [0.1, 0.15) is 5.56 Å². The summed E-state index contributed by atoms with van der Waals surface area (Å²) >= 11 is 9.33. The summed E-state index contributed by atoms with van der Waals surface area (Å²) in [7, 11) is -2.84. The molecule has 0 amide bonds. The van der Waals surface area contributed by atoms with Crippen molar-refractivity contribution in [1.82, 2.24) is 0 Å². The number of nitrogens with zero attached hydrogens (tertiary/aromatic N) is 1. The normalized spacial score (nSPS) is 19.3. The van der Waals surface area contributed by atoms with Crippen LogP contribution in [0.2, 0.25) is 0 Å². The topological polar surface area (TPSA) is 37.4 Å². The molecule has 0 aromatic heterocycles. The number of hydrogen-bond acceptors (Lipinski definition) is 3. The fourth-order valence-corrected chi connectivity index (χ4v) is 3.67. The van der Waals surface area contributed by atoms with Crippen LogP contribution in [0, 0.1) is 0 Å². The minimum Gasteiger partial charge on any atom is -0.369 e. The zero-order valence-electron chi connectivity index (χ0n) is 9.20. The number of halogens is 2. The van der Waals surface area contributed by atoms with Crippen molar-refractivity contribution >= 4 is 43.1 Å². The fraction of sp³-hybridized carbons (Fsp3) is 0.455. The lowest BCUT2D eigenvalue weighted by Crippen LogP contribution is -2.40. The van der Waals surface area contributed by atoms with Crippen molar-refractivity contribution in [3.63, 3.8) is 0 Å². The maximum Gasteiger partial charge on any atom is 0.153 e. The summed E-state index contributed by atoms with van der Waals surface area (Å²) in [5.74, 6) is 0.883. The zero-order valence-corrected chi connectivity index (χ0v) is 12.4. The summed E-state index contributed by atoms with van der Waals surface area (Å²) in [6.07, 6.45) is 0. The van der Waals surface area contributed by atoms with Crippen LogP contribution in [-0.2, 0) is 15.7 Å². The molecule has 17 heavy (non-hydrogen) atoms. The number of sulfone groups is 1. The van der Waals surface area contributed by atoms with Crippen molar-refractivity contribution in [3.05, 3.63) is 28.2 Å². The van der Waals surface area contributed by atoms with Gasteiger partial charge in [-0.25, -0.2) is 8.42 Å². The van der Waals surface area contributed by atoms with Gasteiger partial charge in [-0.15, -0.1) is 11.6 Å². The van der Waals surface area contributed by atoms with E-state index in [0.29, 0.717) is 19.0 Å². The highest BCUT2D eigenvalue weighted by molar-refractivity contribution is 9.10. The van der Waals surface area contributed by atoms with E-state index in [1.165, 1.54) is 0 Å². The SMILES string of the molecule is O=S1(=O)CCN(c2cc(Br)ccc2CCl)CC1. The lowest BCUT2D eigenvalue weighted by atomic mass is 10.2. The molecular weight excluding hydrogens is 326 g/mol. The van der Waals surface area contributed by atoms with Gasteiger partial charge in [-0.1, -0.05) is 22.0 Å². The van der Waals surface area contributed by atoms with E-state index in [4.69, 9.17) is 11.6 Å². The molecule has 1 aromatic rings. The summed E-state index contributed by atoms with van der Waals surface area (Å²) in [6, 6.07) is 5.91. The molecule has 0 unspecified atom stereocenters. The highest BCUT2D eigenvalue weighted by Crippen LogP contribution is 2.27. The van der Waals surface area contributed by atoms with Gasteiger partial charge < -0.3 is 4.90 Å². The van der Waals surface area contributed by atoms with Crippen molar-refractivity contribution in [2.45, 2.75) is 5.88 Å². The molecule has 1 fully saturated rings. The number of hydrogen-bond donors (Lipinski definition) is 0. The molecule has 0 saturated carbocycles. The Labute approximate surface area is 115 Å². The fourth-order valence-electron chi connectivity index (χ4n) is 1.90. The Morgan fingerprint density at radius 1 is 1.29 bits per heavy atom. The zero-order chi connectivity index (χ0) is 12.5. The number of benzene rings is 1. The second kappa shape index (κ2) is 5.16. The average molecular weight is 339 g/mol. The molecule has 94 valence electrons. The standard InChI is InChI=1S/C11H13BrClNO2S/c12-10-2-1-9(8-13)11(7-10)14-3-5-17(15,16)6-4-14/h1-2,7H,3-6,8H2. The molecule has 0 N–H and O–H groups in total. The van der Waals surface area contributed by atoms with E-state index < -0.39 is 9.84 Å². The third-order valence-corrected chi connectivity index (χ3v) is 5.27. The average Bonchev–Trinajstić information content (AvgIpc) is 2.29. The van der Waals surface area contributed by atoms with E-state index >= 15 is 0 Å². The Balaban J connectivity index is 2.26. The van der Waals surface area contributed by atoms with Crippen molar-refractivity contribution in [2.24, 2.45) is 0 Å². The molecular formula is C11H13BrClNO2S. The molecule has 0 atom stereocenters. The third-order valence-electron chi connectivity index (χ3n) is 2.88. The summed E-state index contributed by atoms with van der Waals surface area (Å²) in [5, 5.41) is 0. The molecule has 0 spiro atoms. The van der Waals surface area contributed by atoms with Crippen LogP contribution < -0.4 is 4.90 Å². The van der Waals surface area contributed by atoms with Crippen molar-refractivity contribution in [3.8, 4) is 0 Å². The van der Waals surface area contributed by atoms with Crippen LogP contribution in [-0.4, -0.2) is 33.0 Å². The van der Waals surface area contributed by atoms with E-state index in [1.807, 2.05) is 18.2 Å². The molecule has 0 radical (unpaired) electrons. The molecule has 1 aliphatic rings. The smallest absolute Gasteiger partial charge is 0.153 e. The second-order valence-corrected chi connectivity index (χ2v) is 7.53. The Morgan fingerprint density at radius 3 is 2.53 bits per heavy atom. The van der Waals surface area contributed by atoms with Gasteiger partial charge in [-0.2, -0.15) is 0 Å². The Morgan fingerprint density at radius 2 is 1.94 bits per heavy atom. The number of alkyl halides is 1. The molecule has 2 rings (SSSR count). The maximum absolute atomic E-state index is 11.4. The maximum atomic E-state index is 11.4. The lowest BCUT2D eigenvalue weighted by Gasteiger charge is -2.30. The van der Waals surface area contributed by atoms with Crippen molar-refractivity contribution in [2.75, 3.05) is 29.5 Å². The van der Waals surface area contributed by atoms with Gasteiger partial charge in [0.15, 0.2) is 9.84 Å². The Hall–Kier alpha value is -0.260. The van der Waals surface area contributed by atoms with Crippen LogP contribution >= 0.6 is 27.5 Å². The van der Waals surface area contributed by atoms with E-state index in [9.17, 15) is 8.42 Å². The van der Waals surface area contributed by atoms with Gasteiger partial charge in [0.1, 0.15) is 0 Å². The molecule has 0 bridgehead atoms. The van der Waals surface area contributed by atoms with Crippen LogP contribution in [0.4, 0.5) is 5.69 Å². The summed E-state index contributed by atoms with van der Waals surface area (Å²) < 4.78 is 23.8. The first-order valence-corrected chi connectivity index (χ1v) is 8.46. The lowest BCUT2D eigenvalue weighted by molar-refractivity contribution is 0.586. The molecule has 3 nitrogen and oxygen atoms in total. The minimum absolute atomic E-state index is 0.223. The highest BCUT2D eigenvalue weighted by Gasteiger charge is 2.23. The summed E-state index contributed by atoms with van der Waals surface area (Å²) in [4.78, 5) is 2.09. The predicted molar refractivity (Wildman–Crippen MR) is 74.6 cm³/mol. The van der Waals surface area contributed by atoms with E-state index in [0.717, 1.165) is 15.7 Å². The first-order valence-electron chi connectivity index (χ1n) is 5.31. The van der Waals surface area contributed by atoms with Crippen molar-refractivity contribution < 1.29 is 8.42 Å². The Kier molecular flexibility index (Phi) is 4.00. The van der Waals surface area contributed by atoms with Gasteiger partial charge in [0.05, 0.1) is 11.5 Å². The highest BCUT2D eigenvalue weighted by atomic mass is 79.9. The van der Waals surface area contributed by atoms with Crippen LogP contribution in [0.25, 0.3) is 0 Å². The van der Waals surface area contributed by atoms with Gasteiger partial charge in [0, 0.05) is 29.1 Å². The van der Waals surface area contributed by atoms with Crippen LogP contribution in [0.5, 0.6) is 0 Å². The first-order chi connectivity index (χ1) is 8.02. The van der Waals surface area contributed by atoms with Gasteiger partial charge >= 0.3 is 0 Å². The molecule has 1 aliphatic heterocycles. The van der Waals surface area contributed by atoms with Gasteiger partial charge in [-0.05, 0) is 17.7 Å². The van der Waals surface area contributed by atoms with Gasteiger partial charge in [0.2, 0.25) is 0 Å². The molecule has 0 aliphatic carbocycles.